The summed E-state index contributed by atoms with van der Waals surface area (Å²) in [7, 11) is 0. The van der Waals surface area contributed by atoms with Crippen molar-refractivity contribution in [1.82, 2.24) is 0 Å². The number of aliphatic carboxylic acids is 1. The molecule has 1 aromatic rings. The third kappa shape index (κ3) is 16.1. The van der Waals surface area contributed by atoms with Crippen molar-refractivity contribution in [3.8, 4) is 0 Å². The maximum atomic E-state index is 9.76. The summed E-state index contributed by atoms with van der Waals surface area (Å²) in [5, 5.41) is 8.04. The smallest absolute Gasteiger partial charge is 1.00 e. The van der Waals surface area contributed by atoms with Crippen LogP contribution < -0.4 is 29.6 Å². The summed E-state index contributed by atoms with van der Waals surface area (Å²) < 4.78 is 0. The van der Waals surface area contributed by atoms with E-state index in [1.165, 1.54) is 5.56 Å². The summed E-state index contributed by atoms with van der Waals surface area (Å²) in [5.41, 5.74) is 1.32. The Balaban J connectivity index is -0.0000000845. The third-order valence-electron chi connectivity index (χ3n) is 1.68. The van der Waals surface area contributed by atoms with Gasteiger partial charge in [-0.15, -0.1) is 0 Å². The van der Waals surface area contributed by atoms with Gasteiger partial charge in [-0.05, 0) is 13.3 Å². The first-order valence-electron chi connectivity index (χ1n) is 4.90. The molecule has 16 heavy (non-hydrogen) atoms. The standard InChI is InChI=1S/C7H8.C5H10O2.Na.H2O.H/c1-7-5-3-2-4-6-7;1-2-3-4-5(6)7;;;/h2-6H,1H3;2-4H2,1H3,(H,6,7);;1H2;/q;;+1;;-1. The summed E-state index contributed by atoms with van der Waals surface area (Å²) in [6.45, 7) is 4.06. The molecule has 0 aromatic heterocycles. The molecular weight excluding hydrogens is 215 g/mol. The molecule has 1 aromatic carbocycles. The van der Waals surface area contributed by atoms with E-state index >= 15 is 0 Å². The molecule has 0 saturated carbocycles. The number of benzene rings is 1. The molecule has 0 atom stereocenters. The Labute approximate surface area is 121 Å². The van der Waals surface area contributed by atoms with Crippen LogP contribution in [-0.2, 0) is 4.79 Å². The van der Waals surface area contributed by atoms with Gasteiger partial charge in [-0.3, -0.25) is 4.79 Å². The van der Waals surface area contributed by atoms with Crippen LogP contribution >= 0.6 is 0 Å². The van der Waals surface area contributed by atoms with Gasteiger partial charge < -0.3 is 12.0 Å². The Morgan fingerprint density at radius 2 is 1.81 bits per heavy atom. The zero-order chi connectivity index (χ0) is 10.8. The van der Waals surface area contributed by atoms with Crippen LogP contribution in [0.15, 0.2) is 30.3 Å². The van der Waals surface area contributed by atoms with Gasteiger partial charge >= 0.3 is 35.5 Å². The first kappa shape index (κ1) is 21.0. The van der Waals surface area contributed by atoms with E-state index in [1.54, 1.807) is 0 Å². The van der Waals surface area contributed by atoms with Gasteiger partial charge in [-0.2, -0.15) is 0 Å². The van der Waals surface area contributed by atoms with Gasteiger partial charge in [0, 0.05) is 6.42 Å². The maximum absolute atomic E-state index is 9.76. The minimum atomic E-state index is -0.693. The molecule has 0 saturated heterocycles. The van der Waals surface area contributed by atoms with Gasteiger partial charge in [-0.25, -0.2) is 0 Å². The van der Waals surface area contributed by atoms with Gasteiger partial charge in [0.25, 0.3) is 0 Å². The minimum absolute atomic E-state index is 0. The Kier molecular flexibility index (Phi) is 19.2. The van der Waals surface area contributed by atoms with Gasteiger partial charge in [-0.1, -0.05) is 49.2 Å². The van der Waals surface area contributed by atoms with Crippen molar-refractivity contribution in [2.75, 3.05) is 0 Å². The molecule has 0 spiro atoms. The molecule has 0 radical (unpaired) electrons. The first-order chi connectivity index (χ1) is 6.66. The topological polar surface area (TPSA) is 68.8 Å². The van der Waals surface area contributed by atoms with Crippen LogP contribution in [0.5, 0.6) is 0 Å². The fourth-order valence-corrected chi connectivity index (χ4v) is 0.862. The van der Waals surface area contributed by atoms with Crippen molar-refractivity contribution in [2.24, 2.45) is 0 Å². The maximum Gasteiger partial charge on any atom is 1.00 e. The predicted octanol–water partition coefficient (Wildman–Crippen LogP) is -0.452. The van der Waals surface area contributed by atoms with Gasteiger partial charge in [0.2, 0.25) is 0 Å². The van der Waals surface area contributed by atoms with Crippen LogP contribution in [0.4, 0.5) is 0 Å². The quantitative estimate of drug-likeness (QED) is 0.722. The molecular formula is C12H21NaO3. The first-order valence-corrected chi connectivity index (χ1v) is 4.90. The summed E-state index contributed by atoms with van der Waals surface area (Å²) >= 11 is 0. The largest absolute Gasteiger partial charge is 1.00 e. The normalized spacial score (nSPS) is 7.62. The summed E-state index contributed by atoms with van der Waals surface area (Å²) in [4.78, 5) is 9.76. The molecule has 0 unspecified atom stereocenters. The van der Waals surface area contributed by atoms with Crippen molar-refractivity contribution >= 4 is 5.97 Å². The van der Waals surface area contributed by atoms with Gasteiger partial charge in [0.1, 0.15) is 0 Å². The van der Waals surface area contributed by atoms with E-state index in [1.807, 2.05) is 25.1 Å². The second-order valence-electron chi connectivity index (χ2n) is 3.15. The molecule has 0 heterocycles. The molecule has 0 bridgehead atoms. The second-order valence-corrected chi connectivity index (χ2v) is 3.15. The summed E-state index contributed by atoms with van der Waals surface area (Å²) in [6.07, 6.45) is 2.08. The van der Waals surface area contributed by atoms with Crippen molar-refractivity contribution < 1.29 is 46.4 Å². The number of carboxylic acids is 1. The van der Waals surface area contributed by atoms with Crippen molar-refractivity contribution in [3.63, 3.8) is 0 Å². The summed E-state index contributed by atoms with van der Waals surface area (Å²) in [6, 6.07) is 10.3. The molecule has 88 valence electrons. The zero-order valence-corrected chi connectivity index (χ0v) is 12.4. The fourth-order valence-electron chi connectivity index (χ4n) is 0.862. The van der Waals surface area contributed by atoms with Crippen LogP contribution in [0.25, 0.3) is 0 Å². The van der Waals surface area contributed by atoms with E-state index in [9.17, 15) is 4.79 Å². The summed E-state index contributed by atoms with van der Waals surface area (Å²) in [5.74, 6) is -0.693. The van der Waals surface area contributed by atoms with Gasteiger partial charge in [0.15, 0.2) is 0 Å². The van der Waals surface area contributed by atoms with E-state index < -0.39 is 5.97 Å². The number of carboxylic acid groups (broad SMARTS) is 1. The van der Waals surface area contributed by atoms with E-state index in [-0.39, 0.29) is 36.5 Å². The molecule has 1 rings (SSSR count). The number of hydrogen-bond acceptors (Lipinski definition) is 1. The zero-order valence-electron chi connectivity index (χ0n) is 11.4. The van der Waals surface area contributed by atoms with E-state index in [4.69, 9.17) is 5.11 Å². The van der Waals surface area contributed by atoms with Crippen molar-refractivity contribution in [1.29, 1.82) is 0 Å². The third-order valence-corrected chi connectivity index (χ3v) is 1.68. The number of rotatable bonds is 3. The van der Waals surface area contributed by atoms with Crippen molar-refractivity contribution in [3.05, 3.63) is 35.9 Å². The monoisotopic (exact) mass is 236 g/mol. The minimum Gasteiger partial charge on any atom is -1.00 e. The van der Waals surface area contributed by atoms with Crippen LogP contribution in [0, 0.1) is 6.92 Å². The molecule has 0 aliphatic rings. The van der Waals surface area contributed by atoms with E-state index in [0.717, 1.165) is 12.8 Å². The van der Waals surface area contributed by atoms with Crippen LogP contribution in [0.3, 0.4) is 0 Å². The van der Waals surface area contributed by atoms with Gasteiger partial charge in [0.05, 0.1) is 0 Å². The fraction of sp³-hybridized carbons (Fsp3) is 0.417. The van der Waals surface area contributed by atoms with E-state index in [0.29, 0.717) is 6.42 Å². The molecule has 3 N–H and O–H groups in total. The molecule has 0 aliphatic heterocycles. The van der Waals surface area contributed by atoms with Crippen LogP contribution in [0.2, 0.25) is 0 Å². The molecule has 0 amide bonds. The number of carbonyl (C=O) groups is 1. The molecule has 0 fully saturated rings. The Bertz CT molecular complexity index is 255. The molecule has 4 heteroatoms. The average Bonchev–Trinajstić information content (AvgIpc) is 2.17. The van der Waals surface area contributed by atoms with Crippen LogP contribution in [0.1, 0.15) is 33.2 Å². The predicted molar refractivity (Wildman–Crippen MR) is 63.1 cm³/mol. The second kappa shape index (κ2) is 14.6. The number of hydrogen-bond donors (Lipinski definition) is 1. The van der Waals surface area contributed by atoms with Crippen molar-refractivity contribution in [2.45, 2.75) is 33.1 Å². The molecule has 0 aliphatic carbocycles. The molecule has 3 nitrogen and oxygen atoms in total. The number of aryl methyl sites for hydroxylation is 1. The average molecular weight is 236 g/mol. The Hall–Kier alpha value is -0.350. The van der Waals surface area contributed by atoms with E-state index in [2.05, 4.69) is 19.1 Å². The number of unbranched alkanes of at least 4 members (excludes halogenated alkanes) is 1. The Morgan fingerprint density at radius 1 is 1.31 bits per heavy atom. The Morgan fingerprint density at radius 3 is 2.00 bits per heavy atom. The SMILES string of the molecule is CCCCC(=O)O.Cc1ccccc1.O.[H-].[Na+]. The van der Waals surface area contributed by atoms with Crippen LogP contribution in [-0.4, -0.2) is 16.6 Å².